The number of hydrogen-bond donors (Lipinski definition) is 0. The lowest BCUT2D eigenvalue weighted by molar-refractivity contribution is -0.0441. The maximum Gasteiger partial charge on any atom is 0.184 e. The standard InChI is InChI=1S/C25H32O2/c1-19(10-15-23-20(2)8-6-16-25(23,3)4)7-5-9-21-11-13-22(14-12-21)24-26-17-18-27-24/h5,7,9-15,24H,6,8,16-18H2,1-4H3/b9-5+,15-10+,19-7+. The first-order chi connectivity index (χ1) is 13.0. The van der Waals surface area contributed by atoms with Crippen LogP contribution in [-0.2, 0) is 9.47 Å². The van der Waals surface area contributed by atoms with Gasteiger partial charge in [-0.15, -0.1) is 0 Å². The summed E-state index contributed by atoms with van der Waals surface area (Å²) in [6.07, 6.45) is 14.6. The van der Waals surface area contributed by atoms with Crippen LogP contribution in [0.5, 0.6) is 0 Å². The smallest absolute Gasteiger partial charge is 0.184 e. The molecular formula is C25H32O2. The van der Waals surface area contributed by atoms with E-state index in [0.29, 0.717) is 18.6 Å². The van der Waals surface area contributed by atoms with Crippen molar-refractivity contribution >= 4 is 6.08 Å². The predicted octanol–water partition coefficient (Wildman–Crippen LogP) is 6.77. The summed E-state index contributed by atoms with van der Waals surface area (Å²) in [5.41, 5.74) is 6.87. The van der Waals surface area contributed by atoms with E-state index in [1.165, 1.54) is 36.0 Å². The highest BCUT2D eigenvalue weighted by Gasteiger charge is 2.26. The molecule has 0 radical (unpaired) electrons. The molecule has 0 atom stereocenters. The van der Waals surface area contributed by atoms with Gasteiger partial charge in [-0.1, -0.05) is 79.6 Å². The van der Waals surface area contributed by atoms with Crippen LogP contribution >= 0.6 is 0 Å². The molecule has 0 amide bonds. The number of allylic oxidation sites excluding steroid dienone is 7. The highest BCUT2D eigenvalue weighted by Crippen LogP contribution is 2.40. The summed E-state index contributed by atoms with van der Waals surface area (Å²) in [5.74, 6) is 0. The Bertz CT molecular complexity index is 754. The third kappa shape index (κ3) is 5.31. The van der Waals surface area contributed by atoms with Gasteiger partial charge in [0.1, 0.15) is 0 Å². The average Bonchev–Trinajstić information content (AvgIpc) is 3.16. The molecule has 2 heteroatoms. The lowest BCUT2D eigenvalue weighted by Gasteiger charge is -2.32. The molecule has 0 N–H and O–H groups in total. The van der Waals surface area contributed by atoms with Crippen LogP contribution in [0, 0.1) is 5.41 Å². The highest BCUT2D eigenvalue weighted by atomic mass is 16.7. The van der Waals surface area contributed by atoms with Gasteiger partial charge in [0.15, 0.2) is 6.29 Å². The van der Waals surface area contributed by atoms with Gasteiger partial charge in [0, 0.05) is 5.56 Å². The molecule has 2 nitrogen and oxygen atoms in total. The fourth-order valence-corrected chi connectivity index (χ4v) is 3.91. The van der Waals surface area contributed by atoms with Crippen molar-refractivity contribution in [1.82, 2.24) is 0 Å². The van der Waals surface area contributed by atoms with Crippen molar-refractivity contribution < 1.29 is 9.47 Å². The van der Waals surface area contributed by atoms with Gasteiger partial charge in [-0.2, -0.15) is 0 Å². The van der Waals surface area contributed by atoms with E-state index in [4.69, 9.17) is 9.47 Å². The zero-order valence-corrected chi connectivity index (χ0v) is 17.1. The van der Waals surface area contributed by atoms with Crippen LogP contribution in [0.25, 0.3) is 6.08 Å². The summed E-state index contributed by atoms with van der Waals surface area (Å²) in [6, 6.07) is 8.36. The molecule has 1 aliphatic heterocycles. The fourth-order valence-electron chi connectivity index (χ4n) is 3.91. The summed E-state index contributed by atoms with van der Waals surface area (Å²) in [7, 11) is 0. The van der Waals surface area contributed by atoms with Gasteiger partial charge in [0.2, 0.25) is 0 Å². The molecule has 0 aromatic heterocycles. The van der Waals surface area contributed by atoms with Crippen LogP contribution < -0.4 is 0 Å². The van der Waals surface area contributed by atoms with Gasteiger partial charge in [-0.3, -0.25) is 0 Å². The van der Waals surface area contributed by atoms with E-state index < -0.39 is 0 Å². The van der Waals surface area contributed by atoms with Crippen molar-refractivity contribution in [2.45, 2.75) is 53.2 Å². The molecule has 1 aromatic rings. The van der Waals surface area contributed by atoms with E-state index in [1.54, 1.807) is 5.57 Å². The van der Waals surface area contributed by atoms with Crippen LogP contribution in [0.3, 0.4) is 0 Å². The van der Waals surface area contributed by atoms with E-state index >= 15 is 0 Å². The second-order valence-corrected chi connectivity index (χ2v) is 8.27. The van der Waals surface area contributed by atoms with Gasteiger partial charge in [-0.25, -0.2) is 0 Å². The molecule has 2 aliphatic rings. The number of benzene rings is 1. The highest BCUT2D eigenvalue weighted by molar-refractivity contribution is 5.52. The van der Waals surface area contributed by atoms with Crippen LogP contribution in [0.2, 0.25) is 0 Å². The zero-order valence-electron chi connectivity index (χ0n) is 17.1. The van der Waals surface area contributed by atoms with E-state index in [0.717, 1.165) is 5.56 Å². The largest absolute Gasteiger partial charge is 0.346 e. The molecule has 1 aliphatic carbocycles. The molecule has 1 saturated heterocycles. The Morgan fingerprint density at radius 3 is 2.44 bits per heavy atom. The van der Waals surface area contributed by atoms with Gasteiger partial charge in [0.05, 0.1) is 13.2 Å². The Morgan fingerprint density at radius 2 is 1.78 bits per heavy atom. The van der Waals surface area contributed by atoms with Crippen molar-refractivity contribution in [2.75, 3.05) is 13.2 Å². The predicted molar refractivity (Wildman–Crippen MR) is 113 cm³/mol. The SMILES string of the molecule is CC1=C(/C=C/C(C)=C/C=C/c2ccc(C3OCCO3)cc2)C(C)(C)CCC1. The Kier molecular flexibility index (Phi) is 6.51. The summed E-state index contributed by atoms with van der Waals surface area (Å²) in [6.45, 7) is 10.5. The molecule has 0 unspecified atom stereocenters. The minimum absolute atomic E-state index is 0.197. The average molecular weight is 365 g/mol. The van der Waals surface area contributed by atoms with Gasteiger partial charge in [0.25, 0.3) is 0 Å². The summed E-state index contributed by atoms with van der Waals surface area (Å²) >= 11 is 0. The number of hydrogen-bond acceptors (Lipinski definition) is 2. The fraction of sp³-hybridized carbons (Fsp3) is 0.440. The molecule has 1 aromatic carbocycles. The lowest BCUT2D eigenvalue weighted by atomic mass is 9.72. The van der Waals surface area contributed by atoms with Gasteiger partial charge >= 0.3 is 0 Å². The first kappa shape index (κ1) is 19.9. The van der Waals surface area contributed by atoms with E-state index in [-0.39, 0.29) is 6.29 Å². The Morgan fingerprint density at radius 1 is 1.07 bits per heavy atom. The van der Waals surface area contributed by atoms with Crippen molar-refractivity contribution in [1.29, 1.82) is 0 Å². The number of rotatable bonds is 5. The van der Waals surface area contributed by atoms with Crippen LogP contribution in [0.4, 0.5) is 0 Å². The topological polar surface area (TPSA) is 18.5 Å². The summed E-state index contributed by atoms with van der Waals surface area (Å²) < 4.78 is 11.1. The Balaban J connectivity index is 1.61. The molecular weight excluding hydrogens is 332 g/mol. The molecule has 0 saturated carbocycles. The van der Waals surface area contributed by atoms with Crippen LogP contribution in [-0.4, -0.2) is 13.2 Å². The Hall–Kier alpha value is -1.90. The molecule has 1 heterocycles. The van der Waals surface area contributed by atoms with Crippen molar-refractivity contribution in [3.8, 4) is 0 Å². The molecule has 0 bridgehead atoms. The normalized spacial score (nSPS) is 21.7. The van der Waals surface area contributed by atoms with E-state index in [2.05, 4.69) is 82.3 Å². The third-order valence-corrected chi connectivity index (χ3v) is 5.53. The first-order valence-corrected chi connectivity index (χ1v) is 10.0. The second kappa shape index (κ2) is 8.86. The molecule has 144 valence electrons. The molecule has 27 heavy (non-hydrogen) atoms. The second-order valence-electron chi connectivity index (χ2n) is 8.27. The van der Waals surface area contributed by atoms with Crippen LogP contribution in [0.1, 0.15) is 64.4 Å². The third-order valence-electron chi connectivity index (χ3n) is 5.53. The maximum absolute atomic E-state index is 5.53. The van der Waals surface area contributed by atoms with Crippen molar-refractivity contribution in [2.24, 2.45) is 5.41 Å². The summed E-state index contributed by atoms with van der Waals surface area (Å²) in [4.78, 5) is 0. The molecule has 3 rings (SSSR count). The van der Waals surface area contributed by atoms with Crippen molar-refractivity contribution in [3.63, 3.8) is 0 Å². The quantitative estimate of drug-likeness (QED) is 0.536. The molecule has 0 spiro atoms. The van der Waals surface area contributed by atoms with Gasteiger partial charge < -0.3 is 9.47 Å². The van der Waals surface area contributed by atoms with E-state index in [9.17, 15) is 0 Å². The summed E-state index contributed by atoms with van der Waals surface area (Å²) in [5, 5.41) is 0. The monoisotopic (exact) mass is 364 g/mol. The molecule has 1 fully saturated rings. The first-order valence-electron chi connectivity index (χ1n) is 10.0. The number of ether oxygens (including phenoxy) is 2. The van der Waals surface area contributed by atoms with Gasteiger partial charge in [-0.05, 0) is 49.7 Å². The zero-order chi connectivity index (χ0) is 19.3. The maximum atomic E-state index is 5.53. The minimum Gasteiger partial charge on any atom is -0.346 e. The van der Waals surface area contributed by atoms with E-state index in [1.807, 2.05) is 0 Å². The Labute approximate surface area is 164 Å². The van der Waals surface area contributed by atoms with Crippen molar-refractivity contribution in [3.05, 3.63) is 76.4 Å². The minimum atomic E-state index is -0.197. The lowest BCUT2D eigenvalue weighted by Crippen LogP contribution is -2.19. The van der Waals surface area contributed by atoms with Crippen LogP contribution in [0.15, 0.2) is 65.3 Å².